The maximum Gasteiger partial charge on any atom is 0.274 e. The van der Waals surface area contributed by atoms with Gasteiger partial charge in [-0.15, -0.1) is 0 Å². The molecular formula is C19H18N2O2S. The zero-order chi connectivity index (χ0) is 16.9. The Hall–Kier alpha value is -2.66. The van der Waals surface area contributed by atoms with Crippen molar-refractivity contribution >= 4 is 29.3 Å². The molecule has 1 amide bonds. The lowest BCUT2D eigenvalue weighted by molar-refractivity contribution is -0.115. The fourth-order valence-corrected chi connectivity index (χ4v) is 2.78. The van der Waals surface area contributed by atoms with Gasteiger partial charge in [0, 0.05) is 6.54 Å². The van der Waals surface area contributed by atoms with Crippen molar-refractivity contribution in [2.24, 2.45) is 0 Å². The Balaban J connectivity index is 1.85. The lowest BCUT2D eigenvalue weighted by atomic mass is 10.1. The minimum absolute atomic E-state index is 0.164. The summed E-state index contributed by atoms with van der Waals surface area (Å²) in [7, 11) is 0. The van der Waals surface area contributed by atoms with E-state index in [-0.39, 0.29) is 5.91 Å². The second-order valence-corrected chi connectivity index (χ2v) is 5.81. The monoisotopic (exact) mass is 338 g/mol. The molecule has 1 heterocycles. The van der Waals surface area contributed by atoms with Crippen molar-refractivity contribution in [2.75, 3.05) is 6.54 Å². The Bertz CT molecular complexity index is 787. The second kappa shape index (κ2) is 7.27. The van der Waals surface area contributed by atoms with Crippen molar-refractivity contribution in [3.8, 4) is 11.5 Å². The van der Waals surface area contributed by atoms with E-state index in [0.717, 1.165) is 23.5 Å². The van der Waals surface area contributed by atoms with E-state index in [4.69, 9.17) is 17.0 Å². The van der Waals surface area contributed by atoms with Gasteiger partial charge in [0.25, 0.3) is 5.91 Å². The predicted molar refractivity (Wildman–Crippen MR) is 98.7 cm³/mol. The van der Waals surface area contributed by atoms with E-state index in [1.165, 1.54) is 0 Å². The first-order chi connectivity index (χ1) is 11.7. The molecule has 122 valence electrons. The van der Waals surface area contributed by atoms with Crippen LogP contribution in [0.2, 0.25) is 0 Å². The molecule has 2 aromatic rings. The van der Waals surface area contributed by atoms with Gasteiger partial charge < -0.3 is 9.64 Å². The molecule has 1 aliphatic rings. The maximum atomic E-state index is 12.1. The van der Waals surface area contributed by atoms with Crippen molar-refractivity contribution in [3.05, 3.63) is 65.9 Å². The van der Waals surface area contributed by atoms with E-state index in [1.807, 2.05) is 65.6 Å². The predicted octanol–water partition coefficient (Wildman–Crippen LogP) is 3.95. The Kier molecular flexibility index (Phi) is 4.91. The van der Waals surface area contributed by atoms with Crippen molar-refractivity contribution in [3.63, 3.8) is 0 Å². The van der Waals surface area contributed by atoms with E-state index in [9.17, 15) is 4.79 Å². The number of nitrogens with one attached hydrogen (secondary N) is 1. The van der Waals surface area contributed by atoms with Gasteiger partial charge in [-0.2, -0.15) is 0 Å². The van der Waals surface area contributed by atoms with Gasteiger partial charge in [0.1, 0.15) is 17.2 Å². The average Bonchev–Trinajstić information content (AvgIpc) is 2.84. The third kappa shape index (κ3) is 3.63. The number of thiocarbonyl (C=S) groups is 1. The summed E-state index contributed by atoms with van der Waals surface area (Å²) in [5, 5.41) is 3.16. The molecule has 2 aromatic carbocycles. The van der Waals surface area contributed by atoms with Gasteiger partial charge in [-0.05, 0) is 54.5 Å². The molecule has 0 saturated carbocycles. The van der Waals surface area contributed by atoms with E-state index < -0.39 is 0 Å². The normalized spacial score (nSPS) is 15.7. The van der Waals surface area contributed by atoms with Crippen LogP contribution in [0.3, 0.4) is 0 Å². The molecule has 1 saturated heterocycles. The lowest BCUT2D eigenvalue weighted by Crippen LogP contribution is -2.27. The molecule has 0 atom stereocenters. The van der Waals surface area contributed by atoms with Crippen molar-refractivity contribution in [2.45, 2.75) is 13.3 Å². The molecule has 1 aliphatic heterocycles. The molecule has 24 heavy (non-hydrogen) atoms. The summed E-state index contributed by atoms with van der Waals surface area (Å²) in [6.45, 7) is 2.76. The Morgan fingerprint density at radius 2 is 1.88 bits per heavy atom. The van der Waals surface area contributed by atoms with Crippen LogP contribution in [0.1, 0.15) is 18.9 Å². The van der Waals surface area contributed by atoms with Crippen LogP contribution in [-0.2, 0) is 4.79 Å². The maximum absolute atomic E-state index is 12.1. The van der Waals surface area contributed by atoms with Crippen LogP contribution in [0, 0.1) is 0 Å². The highest BCUT2D eigenvalue weighted by Gasteiger charge is 2.29. The molecule has 0 spiro atoms. The number of benzene rings is 2. The van der Waals surface area contributed by atoms with Crippen molar-refractivity contribution < 1.29 is 9.53 Å². The van der Waals surface area contributed by atoms with E-state index in [0.29, 0.717) is 17.4 Å². The van der Waals surface area contributed by atoms with E-state index >= 15 is 0 Å². The van der Waals surface area contributed by atoms with E-state index in [1.54, 1.807) is 0 Å². The molecule has 3 rings (SSSR count). The minimum Gasteiger partial charge on any atom is -0.457 e. The van der Waals surface area contributed by atoms with Crippen LogP contribution < -0.4 is 10.1 Å². The number of amides is 1. The SMILES string of the molecule is CCCN1C(=S)NC(=O)/C1=C\c1cccc(Oc2ccccc2)c1. The van der Waals surface area contributed by atoms with Crippen LogP contribution in [0.25, 0.3) is 6.08 Å². The number of nitrogens with zero attached hydrogens (tertiary/aromatic N) is 1. The number of hydrogen-bond donors (Lipinski definition) is 1. The van der Waals surface area contributed by atoms with Crippen LogP contribution in [0.15, 0.2) is 60.3 Å². The third-order valence-corrected chi connectivity index (χ3v) is 3.90. The van der Waals surface area contributed by atoms with Gasteiger partial charge in [0.05, 0.1) is 0 Å². The standard InChI is InChI=1S/C19H18N2O2S/c1-2-11-21-17(18(22)20-19(21)24)13-14-7-6-10-16(12-14)23-15-8-4-3-5-9-15/h3-10,12-13H,2,11H2,1H3,(H,20,22,24)/b17-13+. The van der Waals surface area contributed by atoms with Gasteiger partial charge in [-0.25, -0.2) is 0 Å². The topological polar surface area (TPSA) is 41.6 Å². The third-order valence-electron chi connectivity index (χ3n) is 3.58. The number of rotatable bonds is 5. The first-order valence-electron chi connectivity index (χ1n) is 7.85. The van der Waals surface area contributed by atoms with Crippen LogP contribution in [0.5, 0.6) is 11.5 Å². The van der Waals surface area contributed by atoms with Gasteiger partial charge in [-0.1, -0.05) is 37.3 Å². The summed E-state index contributed by atoms with van der Waals surface area (Å²) >= 11 is 5.22. The molecule has 0 bridgehead atoms. The van der Waals surface area contributed by atoms with Crippen LogP contribution in [0.4, 0.5) is 0 Å². The Labute approximate surface area is 146 Å². The van der Waals surface area contributed by atoms with Crippen molar-refractivity contribution in [1.29, 1.82) is 0 Å². The molecule has 0 aromatic heterocycles. The van der Waals surface area contributed by atoms with Gasteiger partial charge in [0.2, 0.25) is 0 Å². The van der Waals surface area contributed by atoms with Crippen LogP contribution in [-0.4, -0.2) is 22.5 Å². The van der Waals surface area contributed by atoms with Crippen LogP contribution >= 0.6 is 12.2 Å². The molecule has 5 heteroatoms. The molecule has 4 nitrogen and oxygen atoms in total. The lowest BCUT2D eigenvalue weighted by Gasteiger charge is -2.16. The highest BCUT2D eigenvalue weighted by molar-refractivity contribution is 7.80. The quantitative estimate of drug-likeness (QED) is 0.662. The number of hydrogen-bond acceptors (Lipinski definition) is 3. The molecule has 0 radical (unpaired) electrons. The molecular weight excluding hydrogens is 320 g/mol. The number of ether oxygens (including phenoxy) is 1. The summed E-state index contributed by atoms with van der Waals surface area (Å²) < 4.78 is 5.84. The molecule has 1 fully saturated rings. The highest BCUT2D eigenvalue weighted by Crippen LogP contribution is 2.24. The first kappa shape index (κ1) is 16.2. The summed E-state index contributed by atoms with van der Waals surface area (Å²) in [6, 6.07) is 17.2. The fraction of sp³-hybridized carbons (Fsp3) is 0.158. The second-order valence-electron chi connectivity index (χ2n) is 5.43. The number of para-hydroxylation sites is 1. The fourth-order valence-electron chi connectivity index (χ4n) is 2.50. The number of carbonyl (C=O) groups excluding carboxylic acids is 1. The Morgan fingerprint density at radius 1 is 1.12 bits per heavy atom. The minimum atomic E-state index is -0.164. The smallest absolute Gasteiger partial charge is 0.274 e. The summed E-state index contributed by atoms with van der Waals surface area (Å²) in [5.41, 5.74) is 1.46. The molecule has 0 unspecified atom stereocenters. The summed E-state index contributed by atoms with van der Waals surface area (Å²) in [6.07, 6.45) is 2.74. The van der Waals surface area contributed by atoms with Gasteiger partial charge >= 0.3 is 0 Å². The van der Waals surface area contributed by atoms with E-state index in [2.05, 4.69) is 12.2 Å². The highest BCUT2D eigenvalue weighted by atomic mass is 32.1. The van der Waals surface area contributed by atoms with Gasteiger partial charge in [-0.3, -0.25) is 10.1 Å². The molecule has 0 aliphatic carbocycles. The summed E-state index contributed by atoms with van der Waals surface area (Å²) in [4.78, 5) is 13.9. The summed E-state index contributed by atoms with van der Waals surface area (Å²) in [5.74, 6) is 1.33. The zero-order valence-electron chi connectivity index (χ0n) is 13.4. The Morgan fingerprint density at radius 3 is 2.62 bits per heavy atom. The first-order valence-corrected chi connectivity index (χ1v) is 8.25. The average molecular weight is 338 g/mol. The largest absolute Gasteiger partial charge is 0.457 e. The number of carbonyl (C=O) groups is 1. The zero-order valence-corrected chi connectivity index (χ0v) is 14.2. The molecule has 1 N–H and O–H groups in total. The van der Waals surface area contributed by atoms with Crippen molar-refractivity contribution in [1.82, 2.24) is 10.2 Å². The van der Waals surface area contributed by atoms with Gasteiger partial charge in [0.15, 0.2) is 5.11 Å².